The molecule has 0 amide bonds. The van der Waals surface area contributed by atoms with E-state index < -0.39 is 0 Å². The van der Waals surface area contributed by atoms with Gasteiger partial charge < -0.3 is 10.0 Å². The van der Waals surface area contributed by atoms with Crippen molar-refractivity contribution in [2.75, 3.05) is 44.2 Å². The smallest absolute Gasteiger partial charge is 0.163 e. The summed E-state index contributed by atoms with van der Waals surface area (Å²) in [5, 5.41) is 10.3. The summed E-state index contributed by atoms with van der Waals surface area (Å²) in [5.74, 6) is 1.88. The minimum atomic E-state index is 0.264. The quantitative estimate of drug-likeness (QED) is 0.732. The van der Waals surface area contributed by atoms with Crippen molar-refractivity contribution >= 4 is 27.4 Å². The molecule has 3 aromatic rings. The van der Waals surface area contributed by atoms with Crippen LogP contribution in [0.25, 0.3) is 21.6 Å². The first-order valence-electron chi connectivity index (χ1n) is 9.58. The summed E-state index contributed by atoms with van der Waals surface area (Å²) in [6, 6.07) is 10.2. The molecule has 1 saturated heterocycles. The highest BCUT2D eigenvalue weighted by Crippen LogP contribution is 2.36. The van der Waals surface area contributed by atoms with Crippen LogP contribution in [0.5, 0.6) is 0 Å². The van der Waals surface area contributed by atoms with E-state index in [1.165, 1.54) is 15.8 Å². The summed E-state index contributed by atoms with van der Waals surface area (Å²) in [6.07, 6.45) is 0.846. The first kappa shape index (κ1) is 18.3. The molecule has 0 spiro atoms. The number of rotatable bonds is 5. The van der Waals surface area contributed by atoms with Gasteiger partial charge in [-0.05, 0) is 25.8 Å². The molecule has 0 bridgehead atoms. The number of thiophene rings is 1. The van der Waals surface area contributed by atoms with Gasteiger partial charge in [0.15, 0.2) is 5.82 Å². The number of anilines is 1. The summed E-state index contributed by atoms with van der Waals surface area (Å²) in [6.45, 7) is 9.51. The maximum atomic E-state index is 9.06. The minimum Gasteiger partial charge on any atom is -0.396 e. The number of fused-ring (bicyclic) bond motifs is 1. The van der Waals surface area contributed by atoms with Gasteiger partial charge in [-0.1, -0.05) is 30.3 Å². The van der Waals surface area contributed by atoms with E-state index in [4.69, 9.17) is 15.1 Å². The predicted molar refractivity (Wildman–Crippen MR) is 113 cm³/mol. The highest BCUT2D eigenvalue weighted by molar-refractivity contribution is 7.18. The Bertz CT molecular complexity index is 917. The predicted octanol–water partition coefficient (Wildman–Crippen LogP) is 3.48. The zero-order valence-electron chi connectivity index (χ0n) is 16.0. The lowest BCUT2D eigenvalue weighted by atomic mass is 10.1. The molecule has 1 aliphatic rings. The molecule has 0 saturated carbocycles. The molecule has 1 aliphatic heterocycles. The fraction of sp³-hybridized carbons (Fsp3) is 0.429. The summed E-state index contributed by atoms with van der Waals surface area (Å²) in [4.78, 5) is 17.1. The third-order valence-electron chi connectivity index (χ3n) is 5.35. The molecule has 0 atom stereocenters. The lowest BCUT2D eigenvalue weighted by Crippen LogP contribution is -2.47. The van der Waals surface area contributed by atoms with Gasteiger partial charge in [-0.25, -0.2) is 9.97 Å². The molecule has 1 aromatic carbocycles. The average molecular weight is 383 g/mol. The number of hydrogen-bond donors (Lipinski definition) is 1. The van der Waals surface area contributed by atoms with Crippen molar-refractivity contribution in [3.8, 4) is 11.4 Å². The van der Waals surface area contributed by atoms with Crippen LogP contribution in [-0.2, 0) is 0 Å². The molecule has 6 heteroatoms. The zero-order valence-corrected chi connectivity index (χ0v) is 16.8. The Hall–Kier alpha value is -2.02. The molecule has 0 unspecified atom stereocenters. The lowest BCUT2D eigenvalue weighted by Gasteiger charge is -2.35. The molecule has 142 valence electrons. The molecule has 1 N–H and O–H groups in total. The average Bonchev–Trinajstić information content (AvgIpc) is 3.00. The summed E-state index contributed by atoms with van der Waals surface area (Å²) >= 11 is 1.76. The van der Waals surface area contributed by atoms with Gasteiger partial charge in [0.05, 0.1) is 5.39 Å². The Kier molecular flexibility index (Phi) is 5.38. The van der Waals surface area contributed by atoms with Crippen LogP contribution in [-0.4, -0.2) is 59.3 Å². The summed E-state index contributed by atoms with van der Waals surface area (Å²) in [7, 11) is 0. The molecule has 27 heavy (non-hydrogen) atoms. The second-order valence-corrected chi connectivity index (χ2v) is 8.31. The SMILES string of the molecule is Cc1sc2nc(-c3ccccc3)nc(N3CCN(CCCO)CC3)c2c1C. The van der Waals surface area contributed by atoms with Crippen molar-refractivity contribution in [1.29, 1.82) is 0 Å². The van der Waals surface area contributed by atoms with Crippen LogP contribution < -0.4 is 4.90 Å². The molecule has 4 rings (SSSR count). The zero-order chi connectivity index (χ0) is 18.8. The van der Waals surface area contributed by atoms with E-state index in [0.717, 1.165) is 61.2 Å². The largest absolute Gasteiger partial charge is 0.396 e. The number of benzene rings is 1. The number of aromatic nitrogens is 2. The topological polar surface area (TPSA) is 52.5 Å². The molecular formula is C21H26N4OS. The molecule has 5 nitrogen and oxygen atoms in total. The minimum absolute atomic E-state index is 0.264. The maximum absolute atomic E-state index is 9.06. The van der Waals surface area contributed by atoms with Crippen molar-refractivity contribution < 1.29 is 5.11 Å². The van der Waals surface area contributed by atoms with Crippen LogP contribution in [0.1, 0.15) is 16.9 Å². The van der Waals surface area contributed by atoms with Crippen LogP contribution in [0, 0.1) is 13.8 Å². The lowest BCUT2D eigenvalue weighted by molar-refractivity contribution is 0.216. The Balaban J connectivity index is 1.71. The number of aliphatic hydroxyl groups is 1. The third-order valence-corrected chi connectivity index (χ3v) is 6.45. The molecule has 2 aromatic heterocycles. The second-order valence-electron chi connectivity index (χ2n) is 7.11. The first-order chi connectivity index (χ1) is 13.2. The van der Waals surface area contributed by atoms with Crippen LogP contribution in [0.4, 0.5) is 5.82 Å². The normalized spacial score (nSPS) is 15.6. The fourth-order valence-corrected chi connectivity index (χ4v) is 4.67. The van der Waals surface area contributed by atoms with E-state index >= 15 is 0 Å². The van der Waals surface area contributed by atoms with Crippen molar-refractivity contribution in [3.63, 3.8) is 0 Å². The van der Waals surface area contributed by atoms with E-state index in [1.54, 1.807) is 11.3 Å². The van der Waals surface area contributed by atoms with Crippen molar-refractivity contribution in [3.05, 3.63) is 40.8 Å². The number of aryl methyl sites for hydroxylation is 2. The molecular weight excluding hydrogens is 356 g/mol. The highest BCUT2D eigenvalue weighted by atomic mass is 32.1. The Morgan fingerprint density at radius 1 is 1.04 bits per heavy atom. The van der Waals surface area contributed by atoms with Crippen molar-refractivity contribution in [2.45, 2.75) is 20.3 Å². The Labute approximate surface area is 164 Å². The van der Waals surface area contributed by atoms with E-state index in [0.29, 0.717) is 0 Å². The maximum Gasteiger partial charge on any atom is 0.163 e. The first-order valence-corrected chi connectivity index (χ1v) is 10.4. The molecule has 0 aliphatic carbocycles. The van der Waals surface area contributed by atoms with E-state index in [-0.39, 0.29) is 6.61 Å². The van der Waals surface area contributed by atoms with E-state index in [9.17, 15) is 0 Å². The summed E-state index contributed by atoms with van der Waals surface area (Å²) < 4.78 is 0. The van der Waals surface area contributed by atoms with Crippen LogP contribution in [0.3, 0.4) is 0 Å². The standard InChI is InChI=1S/C21H26N4OS/c1-15-16(2)27-21-18(15)20(22-19(23-21)17-7-4-3-5-8-17)25-12-10-24(11-13-25)9-6-14-26/h3-5,7-8,26H,6,9-14H2,1-2H3. The second kappa shape index (κ2) is 7.92. The van der Waals surface area contributed by atoms with Crippen molar-refractivity contribution in [1.82, 2.24) is 14.9 Å². The van der Waals surface area contributed by atoms with E-state index in [2.05, 4.69) is 35.8 Å². The van der Waals surface area contributed by atoms with Gasteiger partial charge in [-0.2, -0.15) is 0 Å². The van der Waals surface area contributed by atoms with Crippen LogP contribution >= 0.6 is 11.3 Å². The summed E-state index contributed by atoms with van der Waals surface area (Å²) in [5.41, 5.74) is 2.36. The molecule has 0 radical (unpaired) electrons. The van der Waals surface area contributed by atoms with Gasteiger partial charge in [0.25, 0.3) is 0 Å². The van der Waals surface area contributed by atoms with Gasteiger partial charge in [-0.3, -0.25) is 4.90 Å². The number of aliphatic hydroxyl groups excluding tert-OH is 1. The molecule has 3 heterocycles. The van der Waals surface area contributed by atoms with Gasteiger partial charge in [0.2, 0.25) is 0 Å². The third kappa shape index (κ3) is 3.70. The van der Waals surface area contributed by atoms with Crippen LogP contribution in [0.2, 0.25) is 0 Å². The number of piperazine rings is 1. The van der Waals surface area contributed by atoms with Crippen LogP contribution in [0.15, 0.2) is 30.3 Å². The highest BCUT2D eigenvalue weighted by Gasteiger charge is 2.23. The Morgan fingerprint density at radius 2 is 1.78 bits per heavy atom. The fourth-order valence-electron chi connectivity index (χ4n) is 3.65. The van der Waals surface area contributed by atoms with Crippen molar-refractivity contribution in [2.24, 2.45) is 0 Å². The van der Waals surface area contributed by atoms with Gasteiger partial charge in [0, 0.05) is 49.8 Å². The molecule has 1 fully saturated rings. The van der Waals surface area contributed by atoms with Gasteiger partial charge in [-0.15, -0.1) is 11.3 Å². The Morgan fingerprint density at radius 3 is 2.48 bits per heavy atom. The van der Waals surface area contributed by atoms with Gasteiger partial charge in [0.1, 0.15) is 10.6 Å². The van der Waals surface area contributed by atoms with E-state index in [1.807, 2.05) is 18.2 Å². The number of hydrogen-bond acceptors (Lipinski definition) is 6. The van der Waals surface area contributed by atoms with Gasteiger partial charge >= 0.3 is 0 Å². The monoisotopic (exact) mass is 382 g/mol. The number of nitrogens with zero attached hydrogens (tertiary/aromatic N) is 4.